The normalized spacial score (nSPS) is 12.8. The minimum Gasteiger partial charge on any atom is -0.261 e. The zero-order valence-corrected chi connectivity index (χ0v) is 15.2. The molecule has 0 radical (unpaired) electrons. The van der Waals surface area contributed by atoms with Crippen LogP contribution in [-0.4, -0.2) is 5.71 Å². The minimum absolute atomic E-state index is 0.162. The van der Waals surface area contributed by atoms with Gasteiger partial charge in [0.15, 0.2) is 0 Å². The van der Waals surface area contributed by atoms with E-state index in [1.807, 2.05) is 12.2 Å². The SMILES string of the molecule is C=C/C=C\C(=N/C=C)C(C)(CCCCCC)CCCCCC. The van der Waals surface area contributed by atoms with Crippen LogP contribution in [-0.2, 0) is 0 Å². The Bertz CT molecular complexity index is 337. The average molecular weight is 304 g/mol. The van der Waals surface area contributed by atoms with Crippen LogP contribution in [0.2, 0.25) is 0 Å². The summed E-state index contributed by atoms with van der Waals surface area (Å²) >= 11 is 0. The van der Waals surface area contributed by atoms with E-state index in [9.17, 15) is 0 Å². The molecule has 0 spiro atoms. The summed E-state index contributed by atoms with van der Waals surface area (Å²) in [6.07, 6.45) is 20.5. The number of allylic oxidation sites excluding steroid dienone is 3. The predicted molar refractivity (Wildman–Crippen MR) is 103 cm³/mol. The van der Waals surface area contributed by atoms with Crippen molar-refractivity contribution < 1.29 is 0 Å². The molecule has 0 amide bonds. The van der Waals surface area contributed by atoms with E-state index in [2.05, 4.69) is 45.0 Å². The van der Waals surface area contributed by atoms with Gasteiger partial charge in [0, 0.05) is 17.3 Å². The Hall–Kier alpha value is -1.11. The second-order valence-corrected chi connectivity index (χ2v) is 6.47. The third kappa shape index (κ3) is 9.02. The summed E-state index contributed by atoms with van der Waals surface area (Å²) in [6, 6.07) is 0. The first kappa shape index (κ1) is 20.9. The van der Waals surface area contributed by atoms with Gasteiger partial charge in [0.25, 0.3) is 0 Å². The van der Waals surface area contributed by atoms with Gasteiger partial charge in [-0.2, -0.15) is 0 Å². The lowest BCUT2D eigenvalue weighted by Gasteiger charge is -2.30. The molecule has 0 fully saturated rings. The second-order valence-electron chi connectivity index (χ2n) is 6.47. The smallest absolute Gasteiger partial charge is 0.0462 e. The molecule has 0 saturated heterocycles. The van der Waals surface area contributed by atoms with Crippen LogP contribution in [0.3, 0.4) is 0 Å². The Morgan fingerprint density at radius 1 is 0.909 bits per heavy atom. The summed E-state index contributed by atoms with van der Waals surface area (Å²) in [5.74, 6) is 0. The molecular weight excluding hydrogens is 266 g/mol. The Labute approximate surface area is 139 Å². The second kappa shape index (κ2) is 13.5. The average Bonchev–Trinajstić information content (AvgIpc) is 2.52. The molecule has 0 N–H and O–H groups in total. The number of aliphatic imine (C=N–C) groups is 1. The van der Waals surface area contributed by atoms with Gasteiger partial charge in [-0.1, -0.05) is 97.4 Å². The van der Waals surface area contributed by atoms with E-state index in [-0.39, 0.29) is 5.41 Å². The van der Waals surface area contributed by atoms with Crippen LogP contribution in [0.15, 0.2) is 42.6 Å². The summed E-state index contributed by atoms with van der Waals surface area (Å²) in [6.45, 7) is 14.5. The molecule has 0 bridgehead atoms. The molecule has 126 valence electrons. The van der Waals surface area contributed by atoms with Crippen LogP contribution in [0.25, 0.3) is 0 Å². The number of hydrogen-bond donors (Lipinski definition) is 0. The largest absolute Gasteiger partial charge is 0.261 e. The zero-order valence-electron chi connectivity index (χ0n) is 15.2. The van der Waals surface area contributed by atoms with Crippen LogP contribution in [0.5, 0.6) is 0 Å². The molecule has 1 nitrogen and oxygen atoms in total. The maximum atomic E-state index is 4.58. The highest BCUT2D eigenvalue weighted by atomic mass is 14.7. The summed E-state index contributed by atoms with van der Waals surface area (Å²) in [5, 5.41) is 0. The van der Waals surface area contributed by atoms with E-state index in [0.717, 1.165) is 5.71 Å². The maximum Gasteiger partial charge on any atom is 0.0462 e. The molecule has 0 heterocycles. The van der Waals surface area contributed by atoms with Crippen molar-refractivity contribution in [2.45, 2.75) is 85.0 Å². The Morgan fingerprint density at radius 3 is 1.86 bits per heavy atom. The Balaban J connectivity index is 4.91. The summed E-state index contributed by atoms with van der Waals surface area (Å²) < 4.78 is 0. The lowest BCUT2D eigenvalue weighted by Crippen LogP contribution is -2.26. The van der Waals surface area contributed by atoms with Crippen LogP contribution in [0.1, 0.15) is 85.0 Å². The molecule has 22 heavy (non-hydrogen) atoms. The van der Waals surface area contributed by atoms with Crippen molar-refractivity contribution in [3.8, 4) is 0 Å². The number of nitrogens with zero attached hydrogens (tertiary/aromatic N) is 1. The predicted octanol–water partition coefficient (Wildman–Crippen LogP) is 7.26. The van der Waals surface area contributed by atoms with Gasteiger partial charge in [0.05, 0.1) is 0 Å². The number of unbranched alkanes of at least 4 members (excludes halogenated alkanes) is 6. The fraction of sp³-hybridized carbons (Fsp3) is 0.667. The highest BCUT2D eigenvalue weighted by Crippen LogP contribution is 2.34. The molecule has 0 rings (SSSR count). The van der Waals surface area contributed by atoms with Gasteiger partial charge in [-0.05, 0) is 18.9 Å². The molecule has 0 aromatic heterocycles. The topological polar surface area (TPSA) is 12.4 Å². The standard InChI is InChI=1S/C21H37N/c1-6-10-13-15-18-21(5,19-16-14-11-7-2)20(22-9-4)17-12-8-3/h8-9,12,17H,3-4,6-7,10-11,13-16,18-19H2,1-2,5H3/b17-12-,22-20+. The summed E-state index contributed by atoms with van der Waals surface area (Å²) in [7, 11) is 0. The summed E-state index contributed by atoms with van der Waals surface area (Å²) in [4.78, 5) is 4.58. The first-order valence-electron chi connectivity index (χ1n) is 9.12. The molecule has 0 unspecified atom stereocenters. The molecule has 1 heteroatoms. The highest BCUT2D eigenvalue weighted by molar-refractivity contribution is 6.00. The van der Waals surface area contributed by atoms with Crippen LogP contribution in [0.4, 0.5) is 0 Å². The van der Waals surface area contributed by atoms with Crippen LogP contribution in [0, 0.1) is 5.41 Å². The van der Waals surface area contributed by atoms with Crippen molar-refractivity contribution in [2.75, 3.05) is 0 Å². The van der Waals surface area contributed by atoms with E-state index in [1.165, 1.54) is 64.2 Å². The number of hydrogen-bond acceptors (Lipinski definition) is 1. The fourth-order valence-corrected chi connectivity index (χ4v) is 2.92. The van der Waals surface area contributed by atoms with Crippen molar-refractivity contribution in [3.05, 3.63) is 37.6 Å². The Morgan fingerprint density at radius 2 is 1.45 bits per heavy atom. The van der Waals surface area contributed by atoms with Crippen molar-refractivity contribution in [1.82, 2.24) is 0 Å². The molecule has 0 aliphatic heterocycles. The quantitative estimate of drug-likeness (QED) is 0.182. The van der Waals surface area contributed by atoms with Gasteiger partial charge >= 0.3 is 0 Å². The van der Waals surface area contributed by atoms with Crippen LogP contribution >= 0.6 is 0 Å². The third-order valence-corrected chi connectivity index (χ3v) is 4.40. The molecule has 0 aromatic rings. The fourth-order valence-electron chi connectivity index (χ4n) is 2.92. The van der Waals surface area contributed by atoms with E-state index in [0.29, 0.717) is 0 Å². The van der Waals surface area contributed by atoms with Gasteiger partial charge in [-0.25, -0.2) is 0 Å². The van der Waals surface area contributed by atoms with Gasteiger partial charge in [-0.3, -0.25) is 4.99 Å². The van der Waals surface area contributed by atoms with Crippen molar-refractivity contribution in [3.63, 3.8) is 0 Å². The molecule has 0 atom stereocenters. The lowest BCUT2D eigenvalue weighted by molar-refractivity contribution is 0.359. The first-order chi connectivity index (χ1) is 10.6. The van der Waals surface area contributed by atoms with E-state index >= 15 is 0 Å². The number of rotatable bonds is 14. The Kier molecular flexibility index (Phi) is 12.9. The molecular formula is C21H37N. The first-order valence-corrected chi connectivity index (χ1v) is 9.12. The molecule has 0 saturated carbocycles. The zero-order chi connectivity index (χ0) is 16.7. The summed E-state index contributed by atoms with van der Waals surface area (Å²) in [5.41, 5.74) is 1.32. The monoisotopic (exact) mass is 303 g/mol. The minimum atomic E-state index is 0.162. The lowest BCUT2D eigenvalue weighted by atomic mass is 9.75. The van der Waals surface area contributed by atoms with E-state index < -0.39 is 0 Å². The van der Waals surface area contributed by atoms with Crippen LogP contribution < -0.4 is 0 Å². The molecule has 0 aliphatic carbocycles. The van der Waals surface area contributed by atoms with E-state index in [1.54, 1.807) is 6.20 Å². The van der Waals surface area contributed by atoms with Gasteiger partial charge in [0.1, 0.15) is 0 Å². The van der Waals surface area contributed by atoms with Gasteiger partial charge in [0.2, 0.25) is 0 Å². The molecule has 0 aromatic carbocycles. The van der Waals surface area contributed by atoms with E-state index in [4.69, 9.17) is 0 Å². The maximum absolute atomic E-state index is 4.58. The van der Waals surface area contributed by atoms with Gasteiger partial charge in [-0.15, -0.1) is 0 Å². The highest BCUT2D eigenvalue weighted by Gasteiger charge is 2.27. The molecule has 0 aliphatic rings. The van der Waals surface area contributed by atoms with Gasteiger partial charge < -0.3 is 0 Å². The van der Waals surface area contributed by atoms with Crippen molar-refractivity contribution >= 4 is 5.71 Å². The van der Waals surface area contributed by atoms with Crippen molar-refractivity contribution in [2.24, 2.45) is 10.4 Å². The third-order valence-electron chi connectivity index (χ3n) is 4.40. The van der Waals surface area contributed by atoms with Crippen molar-refractivity contribution in [1.29, 1.82) is 0 Å².